The van der Waals surface area contributed by atoms with Crippen molar-refractivity contribution in [2.75, 3.05) is 13.2 Å². The number of aliphatic hydroxyl groups excluding tert-OH is 2. The SMILES string of the molecule is CCC(O)CCCOC(=O)CCCC(=O)OCCCC(O)CC. The minimum atomic E-state index is -0.332. The average Bonchev–Trinajstić information content (AvgIpc) is 2.54. The Morgan fingerprint density at radius 1 is 0.783 bits per heavy atom. The molecule has 0 aromatic rings. The van der Waals surface area contributed by atoms with Crippen LogP contribution in [0.25, 0.3) is 0 Å². The Morgan fingerprint density at radius 2 is 1.17 bits per heavy atom. The fraction of sp³-hybridized carbons (Fsp3) is 0.882. The third-order valence-electron chi connectivity index (χ3n) is 3.59. The molecule has 2 atom stereocenters. The zero-order chi connectivity index (χ0) is 17.5. The van der Waals surface area contributed by atoms with Gasteiger partial charge >= 0.3 is 11.9 Å². The number of hydrogen-bond donors (Lipinski definition) is 2. The minimum Gasteiger partial charge on any atom is -0.466 e. The molecule has 0 aromatic heterocycles. The van der Waals surface area contributed by atoms with Crippen LogP contribution in [0.4, 0.5) is 0 Å². The maximum Gasteiger partial charge on any atom is 0.305 e. The Hall–Kier alpha value is -1.14. The lowest BCUT2D eigenvalue weighted by atomic mass is 10.1. The Morgan fingerprint density at radius 3 is 1.52 bits per heavy atom. The van der Waals surface area contributed by atoms with E-state index in [1.165, 1.54) is 0 Å². The molecule has 0 saturated heterocycles. The van der Waals surface area contributed by atoms with Gasteiger partial charge in [0.2, 0.25) is 0 Å². The van der Waals surface area contributed by atoms with Gasteiger partial charge in [-0.3, -0.25) is 9.59 Å². The molecule has 2 unspecified atom stereocenters. The molecule has 0 spiro atoms. The third-order valence-corrected chi connectivity index (χ3v) is 3.59. The van der Waals surface area contributed by atoms with E-state index in [9.17, 15) is 19.8 Å². The largest absolute Gasteiger partial charge is 0.466 e. The monoisotopic (exact) mass is 332 g/mol. The predicted molar refractivity (Wildman–Crippen MR) is 86.8 cm³/mol. The summed E-state index contributed by atoms with van der Waals surface area (Å²) in [7, 11) is 0. The van der Waals surface area contributed by atoms with Crippen molar-refractivity contribution in [1.82, 2.24) is 0 Å². The van der Waals surface area contributed by atoms with E-state index in [2.05, 4.69) is 0 Å². The van der Waals surface area contributed by atoms with Crippen molar-refractivity contribution in [3.63, 3.8) is 0 Å². The first-order valence-electron chi connectivity index (χ1n) is 8.66. The number of ether oxygens (including phenoxy) is 2. The lowest BCUT2D eigenvalue weighted by Gasteiger charge is -2.09. The zero-order valence-corrected chi connectivity index (χ0v) is 14.5. The summed E-state index contributed by atoms with van der Waals surface area (Å²) in [5.41, 5.74) is 0. The molecule has 0 amide bonds. The molecule has 136 valence electrons. The van der Waals surface area contributed by atoms with Gasteiger partial charge in [-0.15, -0.1) is 0 Å². The second kappa shape index (κ2) is 14.5. The van der Waals surface area contributed by atoms with E-state index in [-0.39, 0.29) is 37.0 Å². The molecule has 0 saturated carbocycles. The van der Waals surface area contributed by atoms with Gasteiger partial charge in [-0.1, -0.05) is 13.8 Å². The van der Waals surface area contributed by atoms with E-state index in [4.69, 9.17) is 9.47 Å². The second-order valence-corrected chi connectivity index (χ2v) is 5.70. The Balaban J connectivity index is 3.47. The van der Waals surface area contributed by atoms with E-state index in [1.807, 2.05) is 13.8 Å². The van der Waals surface area contributed by atoms with Crippen molar-refractivity contribution in [2.45, 2.75) is 83.8 Å². The first-order valence-corrected chi connectivity index (χ1v) is 8.66. The minimum absolute atomic E-state index is 0.194. The molecule has 0 heterocycles. The smallest absolute Gasteiger partial charge is 0.305 e. The molecule has 0 aliphatic rings. The second-order valence-electron chi connectivity index (χ2n) is 5.70. The van der Waals surface area contributed by atoms with Crippen LogP contribution in [0.3, 0.4) is 0 Å². The van der Waals surface area contributed by atoms with Gasteiger partial charge in [0.05, 0.1) is 25.4 Å². The van der Waals surface area contributed by atoms with E-state index in [0.29, 0.717) is 58.2 Å². The van der Waals surface area contributed by atoms with Crippen LogP contribution in [0.15, 0.2) is 0 Å². The molecule has 6 heteroatoms. The van der Waals surface area contributed by atoms with E-state index in [1.54, 1.807) is 0 Å². The van der Waals surface area contributed by atoms with Gasteiger partial charge in [-0.25, -0.2) is 0 Å². The van der Waals surface area contributed by atoms with Crippen LogP contribution in [0.2, 0.25) is 0 Å². The molecule has 0 radical (unpaired) electrons. The van der Waals surface area contributed by atoms with Crippen LogP contribution >= 0.6 is 0 Å². The Kier molecular flexibility index (Phi) is 13.7. The highest BCUT2D eigenvalue weighted by molar-refractivity contribution is 5.72. The third kappa shape index (κ3) is 14.2. The molecule has 0 bridgehead atoms. The highest BCUT2D eigenvalue weighted by Crippen LogP contribution is 2.05. The highest BCUT2D eigenvalue weighted by Gasteiger charge is 2.08. The van der Waals surface area contributed by atoms with Crippen LogP contribution in [0.5, 0.6) is 0 Å². The molecule has 6 nitrogen and oxygen atoms in total. The van der Waals surface area contributed by atoms with E-state index in [0.717, 1.165) is 0 Å². The first-order chi connectivity index (χ1) is 11.0. The molecular weight excluding hydrogens is 300 g/mol. The maximum absolute atomic E-state index is 11.4. The van der Waals surface area contributed by atoms with Crippen molar-refractivity contribution in [3.05, 3.63) is 0 Å². The molecule has 0 aliphatic carbocycles. The van der Waals surface area contributed by atoms with Gasteiger partial charge in [-0.05, 0) is 44.9 Å². The fourth-order valence-electron chi connectivity index (χ4n) is 1.94. The first kappa shape index (κ1) is 21.9. The van der Waals surface area contributed by atoms with Gasteiger partial charge in [0.15, 0.2) is 0 Å². The number of rotatable bonds is 14. The van der Waals surface area contributed by atoms with Crippen molar-refractivity contribution in [2.24, 2.45) is 0 Å². The normalized spacial score (nSPS) is 13.4. The molecule has 0 aliphatic heterocycles. The molecule has 23 heavy (non-hydrogen) atoms. The van der Waals surface area contributed by atoms with Gasteiger partial charge in [0.25, 0.3) is 0 Å². The van der Waals surface area contributed by atoms with Gasteiger partial charge in [-0.2, -0.15) is 0 Å². The fourth-order valence-corrected chi connectivity index (χ4v) is 1.94. The van der Waals surface area contributed by atoms with Gasteiger partial charge in [0.1, 0.15) is 0 Å². The summed E-state index contributed by atoms with van der Waals surface area (Å²) in [6, 6.07) is 0. The molecule has 0 rings (SSSR count). The molecule has 0 fully saturated rings. The quantitative estimate of drug-likeness (QED) is 0.375. The predicted octanol–water partition coefficient (Wildman–Crippen LogP) is 2.35. The molecule has 0 aromatic carbocycles. The summed E-state index contributed by atoms with van der Waals surface area (Å²) in [4.78, 5) is 22.9. The van der Waals surface area contributed by atoms with Crippen molar-refractivity contribution < 1.29 is 29.3 Å². The average molecular weight is 332 g/mol. The van der Waals surface area contributed by atoms with Crippen LogP contribution in [0.1, 0.15) is 71.6 Å². The lowest BCUT2D eigenvalue weighted by molar-refractivity contribution is -0.145. The van der Waals surface area contributed by atoms with Crippen LogP contribution in [-0.4, -0.2) is 47.6 Å². The van der Waals surface area contributed by atoms with Crippen LogP contribution in [-0.2, 0) is 19.1 Å². The van der Waals surface area contributed by atoms with E-state index >= 15 is 0 Å². The lowest BCUT2D eigenvalue weighted by Crippen LogP contribution is -2.11. The Labute approximate surface area is 139 Å². The van der Waals surface area contributed by atoms with Crippen LogP contribution < -0.4 is 0 Å². The number of aliphatic hydroxyl groups is 2. The van der Waals surface area contributed by atoms with Gasteiger partial charge < -0.3 is 19.7 Å². The topological polar surface area (TPSA) is 93.1 Å². The summed E-state index contributed by atoms with van der Waals surface area (Å²) in [6.07, 6.45) is 4.09. The highest BCUT2D eigenvalue weighted by atomic mass is 16.5. The number of esters is 2. The summed E-state index contributed by atoms with van der Waals surface area (Å²) < 4.78 is 10.1. The zero-order valence-electron chi connectivity index (χ0n) is 14.5. The molecular formula is C17H32O6. The number of hydrogen-bond acceptors (Lipinski definition) is 6. The Bertz CT molecular complexity index is 288. The van der Waals surface area contributed by atoms with Crippen molar-refractivity contribution in [1.29, 1.82) is 0 Å². The van der Waals surface area contributed by atoms with Crippen molar-refractivity contribution in [3.8, 4) is 0 Å². The maximum atomic E-state index is 11.4. The van der Waals surface area contributed by atoms with Gasteiger partial charge in [0, 0.05) is 12.8 Å². The number of carbonyl (C=O) groups is 2. The summed E-state index contributed by atoms with van der Waals surface area (Å²) in [5, 5.41) is 18.7. The van der Waals surface area contributed by atoms with E-state index < -0.39 is 0 Å². The summed E-state index contributed by atoms with van der Waals surface area (Å²) >= 11 is 0. The standard InChI is InChI=1S/C17H32O6/c1-3-14(18)8-6-12-22-16(20)10-5-11-17(21)23-13-7-9-15(19)4-2/h14-15,18-19H,3-13H2,1-2H3. The summed E-state index contributed by atoms with van der Waals surface area (Å²) in [5.74, 6) is -0.648. The van der Waals surface area contributed by atoms with Crippen LogP contribution in [0, 0.1) is 0 Å². The number of carbonyl (C=O) groups excluding carboxylic acids is 2. The molecule has 2 N–H and O–H groups in total. The summed E-state index contributed by atoms with van der Waals surface area (Å²) in [6.45, 7) is 4.42. The van der Waals surface area contributed by atoms with Crippen molar-refractivity contribution >= 4 is 11.9 Å².